The van der Waals surface area contributed by atoms with Gasteiger partial charge in [-0.2, -0.15) is 0 Å². The van der Waals surface area contributed by atoms with Crippen molar-refractivity contribution < 1.29 is 19.4 Å². The van der Waals surface area contributed by atoms with Crippen LogP contribution in [-0.2, 0) is 9.59 Å². The van der Waals surface area contributed by atoms with Gasteiger partial charge >= 0.3 is 0 Å². The standard InChI is InChI=1S/C19H17BrO4/c20-10-7-8-15-11(9-10)17(18-12(21)3-1-4-13(18)22)19-14(23)5-2-6-16(19)24-15/h7-9,17,21H,1-6H2/t17-/m1/s1. The first-order valence-corrected chi connectivity index (χ1v) is 9.04. The lowest BCUT2D eigenvalue weighted by Crippen LogP contribution is -2.29. The number of halogens is 1. The maximum atomic E-state index is 12.6. The monoisotopic (exact) mass is 388 g/mol. The van der Waals surface area contributed by atoms with Crippen LogP contribution in [0.4, 0.5) is 0 Å². The van der Waals surface area contributed by atoms with E-state index in [9.17, 15) is 14.7 Å². The van der Waals surface area contributed by atoms with Gasteiger partial charge < -0.3 is 9.84 Å². The molecule has 0 saturated carbocycles. The molecule has 0 aromatic heterocycles. The van der Waals surface area contributed by atoms with Gasteiger partial charge in [-0.1, -0.05) is 15.9 Å². The van der Waals surface area contributed by atoms with Gasteiger partial charge in [-0.25, -0.2) is 0 Å². The van der Waals surface area contributed by atoms with E-state index in [1.807, 2.05) is 18.2 Å². The molecule has 0 bridgehead atoms. The fraction of sp³-hybridized carbons (Fsp3) is 0.368. The number of hydrogen-bond acceptors (Lipinski definition) is 4. The molecule has 124 valence electrons. The molecular weight excluding hydrogens is 372 g/mol. The smallest absolute Gasteiger partial charge is 0.163 e. The zero-order valence-electron chi connectivity index (χ0n) is 13.1. The average Bonchev–Trinajstić information content (AvgIpc) is 2.54. The average molecular weight is 389 g/mol. The molecule has 0 spiro atoms. The highest BCUT2D eigenvalue weighted by molar-refractivity contribution is 9.10. The van der Waals surface area contributed by atoms with E-state index in [1.54, 1.807) is 0 Å². The van der Waals surface area contributed by atoms with E-state index in [-0.39, 0.29) is 17.3 Å². The zero-order chi connectivity index (χ0) is 16.8. The summed E-state index contributed by atoms with van der Waals surface area (Å²) in [6, 6.07) is 5.61. The normalized spacial score (nSPS) is 23.8. The molecule has 4 nitrogen and oxygen atoms in total. The number of carbonyl (C=O) groups excluding carboxylic acids is 2. The van der Waals surface area contributed by atoms with Gasteiger partial charge in [0.2, 0.25) is 0 Å². The molecule has 0 fully saturated rings. The summed E-state index contributed by atoms with van der Waals surface area (Å²) in [5.41, 5.74) is 1.71. The Kier molecular flexibility index (Phi) is 3.83. The summed E-state index contributed by atoms with van der Waals surface area (Å²) < 4.78 is 6.83. The van der Waals surface area contributed by atoms with Gasteiger partial charge in [0.25, 0.3) is 0 Å². The van der Waals surface area contributed by atoms with Crippen molar-refractivity contribution in [2.45, 2.75) is 44.4 Å². The number of carbonyl (C=O) groups is 2. The second-order valence-electron chi connectivity index (χ2n) is 6.47. The Morgan fingerprint density at radius 2 is 1.71 bits per heavy atom. The summed E-state index contributed by atoms with van der Waals surface area (Å²) in [6.07, 6.45) is 3.47. The summed E-state index contributed by atoms with van der Waals surface area (Å²) in [4.78, 5) is 25.2. The van der Waals surface area contributed by atoms with Crippen LogP contribution in [0.3, 0.4) is 0 Å². The number of rotatable bonds is 1. The fourth-order valence-corrected chi connectivity index (χ4v) is 4.24. The van der Waals surface area contributed by atoms with E-state index in [2.05, 4.69) is 15.9 Å². The lowest BCUT2D eigenvalue weighted by Gasteiger charge is -2.34. The van der Waals surface area contributed by atoms with E-state index >= 15 is 0 Å². The number of hydrogen-bond donors (Lipinski definition) is 1. The first kappa shape index (κ1) is 15.6. The van der Waals surface area contributed by atoms with Crippen LogP contribution in [0.25, 0.3) is 0 Å². The molecule has 24 heavy (non-hydrogen) atoms. The second kappa shape index (κ2) is 5.88. The van der Waals surface area contributed by atoms with Crippen molar-refractivity contribution in [1.29, 1.82) is 0 Å². The SMILES string of the molecule is O=C1CCCC(O)=C1[C@@H]1C2=C(CCCC2=O)Oc2ccc(Br)cc21. The zero-order valence-corrected chi connectivity index (χ0v) is 14.7. The molecule has 1 heterocycles. The summed E-state index contributed by atoms with van der Waals surface area (Å²) in [7, 11) is 0. The third-order valence-electron chi connectivity index (χ3n) is 4.93. The van der Waals surface area contributed by atoms with Crippen molar-refractivity contribution in [3.05, 3.63) is 50.9 Å². The largest absolute Gasteiger partial charge is 0.512 e. The number of Topliss-reactive ketones (excluding diaryl/α,β-unsaturated/α-hetero) is 2. The molecule has 1 aromatic carbocycles. The maximum absolute atomic E-state index is 12.6. The number of aliphatic hydroxyl groups excluding tert-OH is 1. The molecule has 1 aromatic rings. The van der Waals surface area contributed by atoms with E-state index in [0.29, 0.717) is 54.8 Å². The Morgan fingerprint density at radius 1 is 1.00 bits per heavy atom. The third-order valence-corrected chi connectivity index (χ3v) is 5.42. The van der Waals surface area contributed by atoms with Gasteiger partial charge in [0, 0.05) is 46.9 Å². The number of ketones is 2. The van der Waals surface area contributed by atoms with Crippen molar-refractivity contribution in [2.24, 2.45) is 0 Å². The highest BCUT2D eigenvalue weighted by atomic mass is 79.9. The van der Waals surface area contributed by atoms with E-state index in [0.717, 1.165) is 16.5 Å². The highest BCUT2D eigenvalue weighted by Gasteiger charge is 2.41. The molecule has 0 radical (unpaired) electrons. The summed E-state index contributed by atoms with van der Waals surface area (Å²) >= 11 is 3.46. The number of aliphatic hydroxyl groups is 1. The number of allylic oxidation sites excluding steroid dienone is 4. The highest BCUT2D eigenvalue weighted by Crippen LogP contribution is 2.49. The number of fused-ring (bicyclic) bond motifs is 1. The van der Waals surface area contributed by atoms with Gasteiger partial charge in [-0.15, -0.1) is 0 Å². The minimum absolute atomic E-state index is 0.0190. The Hall–Kier alpha value is -1.88. The summed E-state index contributed by atoms with van der Waals surface area (Å²) in [5.74, 6) is 0.878. The van der Waals surface area contributed by atoms with Gasteiger partial charge in [0.1, 0.15) is 11.5 Å². The Bertz CT molecular complexity index is 819. The van der Waals surface area contributed by atoms with Gasteiger partial charge in [-0.3, -0.25) is 9.59 Å². The van der Waals surface area contributed by atoms with E-state index < -0.39 is 5.92 Å². The Morgan fingerprint density at radius 3 is 2.46 bits per heavy atom. The quantitative estimate of drug-likeness (QED) is 0.769. The van der Waals surface area contributed by atoms with Gasteiger partial charge in [0.05, 0.1) is 11.7 Å². The molecule has 0 saturated heterocycles. The maximum Gasteiger partial charge on any atom is 0.163 e. The summed E-state index contributed by atoms with van der Waals surface area (Å²) in [5, 5.41) is 10.4. The van der Waals surface area contributed by atoms with Crippen molar-refractivity contribution in [3.63, 3.8) is 0 Å². The molecule has 4 rings (SSSR count). The van der Waals surface area contributed by atoms with Crippen LogP contribution in [0.15, 0.2) is 45.3 Å². The third kappa shape index (κ3) is 2.42. The molecule has 1 N–H and O–H groups in total. The van der Waals surface area contributed by atoms with Crippen molar-refractivity contribution in [1.82, 2.24) is 0 Å². The van der Waals surface area contributed by atoms with Crippen LogP contribution in [0, 0.1) is 0 Å². The predicted octanol–water partition coefficient (Wildman–Crippen LogP) is 4.50. The van der Waals surface area contributed by atoms with Crippen LogP contribution in [0.1, 0.15) is 50.0 Å². The summed E-state index contributed by atoms with van der Waals surface area (Å²) in [6.45, 7) is 0. The second-order valence-corrected chi connectivity index (χ2v) is 7.38. The fourth-order valence-electron chi connectivity index (χ4n) is 3.86. The van der Waals surface area contributed by atoms with Gasteiger partial charge in [0.15, 0.2) is 11.6 Å². The lowest BCUT2D eigenvalue weighted by molar-refractivity contribution is -0.117. The molecule has 2 aliphatic carbocycles. The minimum Gasteiger partial charge on any atom is -0.512 e. The van der Waals surface area contributed by atoms with Gasteiger partial charge in [-0.05, 0) is 31.0 Å². The Balaban J connectivity index is 1.97. The van der Waals surface area contributed by atoms with Crippen LogP contribution in [0.2, 0.25) is 0 Å². The molecular formula is C19H17BrO4. The molecule has 0 unspecified atom stereocenters. The van der Waals surface area contributed by atoms with Crippen LogP contribution in [-0.4, -0.2) is 16.7 Å². The predicted molar refractivity (Wildman–Crippen MR) is 91.9 cm³/mol. The first-order chi connectivity index (χ1) is 11.6. The van der Waals surface area contributed by atoms with E-state index in [1.165, 1.54) is 0 Å². The van der Waals surface area contributed by atoms with Crippen LogP contribution >= 0.6 is 15.9 Å². The molecule has 0 amide bonds. The topological polar surface area (TPSA) is 63.6 Å². The lowest BCUT2D eigenvalue weighted by atomic mass is 9.73. The van der Waals surface area contributed by atoms with E-state index in [4.69, 9.17) is 4.74 Å². The number of ether oxygens (including phenoxy) is 1. The minimum atomic E-state index is -0.512. The number of benzene rings is 1. The molecule has 5 heteroatoms. The van der Waals surface area contributed by atoms with Crippen molar-refractivity contribution >= 4 is 27.5 Å². The van der Waals surface area contributed by atoms with Crippen molar-refractivity contribution in [2.75, 3.05) is 0 Å². The Labute approximate surface area is 148 Å². The first-order valence-electron chi connectivity index (χ1n) is 8.25. The van der Waals surface area contributed by atoms with Crippen LogP contribution in [0.5, 0.6) is 5.75 Å². The molecule has 1 atom stereocenters. The molecule has 1 aliphatic heterocycles. The molecule has 3 aliphatic rings. The van der Waals surface area contributed by atoms with Crippen LogP contribution < -0.4 is 4.74 Å². The van der Waals surface area contributed by atoms with Crippen molar-refractivity contribution in [3.8, 4) is 5.75 Å².